The van der Waals surface area contributed by atoms with Crippen molar-refractivity contribution in [2.24, 2.45) is 4.99 Å². The van der Waals surface area contributed by atoms with Gasteiger partial charge < -0.3 is 5.11 Å². The van der Waals surface area contributed by atoms with Crippen molar-refractivity contribution in [3.63, 3.8) is 0 Å². The molecule has 24 heavy (non-hydrogen) atoms. The zero-order valence-electron chi connectivity index (χ0n) is 13.4. The van der Waals surface area contributed by atoms with E-state index in [1.807, 2.05) is 61.5 Å². The Morgan fingerprint density at radius 3 is 2.25 bits per heavy atom. The molecule has 2 aromatic rings. The molecule has 1 aliphatic rings. The zero-order chi connectivity index (χ0) is 17.0. The van der Waals surface area contributed by atoms with Crippen LogP contribution in [0.2, 0.25) is 0 Å². The highest BCUT2D eigenvalue weighted by molar-refractivity contribution is 7.85. The van der Waals surface area contributed by atoms with Crippen molar-refractivity contribution in [2.45, 2.75) is 17.4 Å². The van der Waals surface area contributed by atoms with Crippen molar-refractivity contribution in [3.8, 4) is 0 Å². The zero-order valence-corrected chi connectivity index (χ0v) is 14.2. The van der Waals surface area contributed by atoms with Gasteiger partial charge in [0.05, 0.1) is 28.0 Å². The average Bonchev–Trinajstić information content (AvgIpc) is 2.58. The van der Waals surface area contributed by atoms with Crippen LogP contribution >= 0.6 is 0 Å². The molecular formula is C20H19NO2S. The van der Waals surface area contributed by atoms with E-state index in [2.05, 4.69) is 4.99 Å². The average molecular weight is 337 g/mol. The Hall–Kier alpha value is -2.30. The van der Waals surface area contributed by atoms with Gasteiger partial charge in [-0.15, -0.1) is 0 Å². The van der Waals surface area contributed by atoms with Gasteiger partial charge in [0, 0.05) is 4.90 Å². The third kappa shape index (κ3) is 4.16. The molecule has 122 valence electrons. The van der Waals surface area contributed by atoms with E-state index in [0.717, 1.165) is 21.9 Å². The molecule has 0 radical (unpaired) electrons. The van der Waals surface area contributed by atoms with E-state index in [1.165, 1.54) is 0 Å². The first kappa shape index (κ1) is 16.6. The van der Waals surface area contributed by atoms with Gasteiger partial charge in [-0.2, -0.15) is 0 Å². The molecule has 0 spiro atoms. The van der Waals surface area contributed by atoms with Crippen LogP contribution in [0.15, 0.2) is 88.8 Å². The lowest BCUT2D eigenvalue weighted by Crippen LogP contribution is -2.32. The van der Waals surface area contributed by atoms with Gasteiger partial charge in [0.15, 0.2) is 0 Å². The minimum Gasteiger partial charge on any atom is -0.381 e. The van der Waals surface area contributed by atoms with E-state index in [1.54, 1.807) is 24.3 Å². The van der Waals surface area contributed by atoms with Crippen LogP contribution in [0.25, 0.3) is 0 Å². The minimum atomic E-state index is -1.27. The number of aliphatic imine (C=N–C) groups is 1. The summed E-state index contributed by atoms with van der Waals surface area (Å²) in [7, 11) is -1.27. The fraction of sp³-hybridized carbons (Fsp3) is 0.150. The van der Waals surface area contributed by atoms with Crippen LogP contribution < -0.4 is 0 Å². The first-order chi connectivity index (χ1) is 11.5. The van der Waals surface area contributed by atoms with Crippen LogP contribution in [0.5, 0.6) is 0 Å². The Morgan fingerprint density at radius 1 is 1.00 bits per heavy atom. The molecule has 0 saturated carbocycles. The molecule has 0 bridgehead atoms. The number of aryl methyl sites for hydroxylation is 1. The van der Waals surface area contributed by atoms with Crippen molar-refractivity contribution in [1.29, 1.82) is 0 Å². The molecule has 1 N–H and O–H groups in total. The summed E-state index contributed by atoms with van der Waals surface area (Å²) < 4.78 is 12.5. The standard InChI is InChI=1S/C20H19NO2S/c1-16-7-9-19(10-8-16)24(23)15-20(22)13-11-18(12-14-20)21-17-5-3-2-4-6-17/h2-14,22H,15H2,1H3. The van der Waals surface area contributed by atoms with Gasteiger partial charge in [0.25, 0.3) is 0 Å². The third-order valence-corrected chi connectivity index (χ3v) is 5.27. The molecule has 1 aliphatic carbocycles. The molecule has 0 aliphatic heterocycles. The number of hydrogen-bond acceptors (Lipinski definition) is 3. The Balaban J connectivity index is 1.71. The summed E-state index contributed by atoms with van der Waals surface area (Å²) in [6.07, 6.45) is 6.83. The fourth-order valence-corrected chi connectivity index (χ4v) is 3.59. The second-order valence-electron chi connectivity index (χ2n) is 5.83. The SMILES string of the molecule is Cc1ccc(S(=O)CC2(O)C=CC(=Nc3ccccc3)C=C2)cc1. The molecule has 0 amide bonds. The molecular weight excluding hydrogens is 318 g/mol. The normalized spacial score (nSPS) is 20.8. The Labute approximate surface area is 144 Å². The van der Waals surface area contributed by atoms with Crippen molar-refractivity contribution < 1.29 is 9.32 Å². The van der Waals surface area contributed by atoms with Crippen LogP contribution in [0.3, 0.4) is 0 Å². The number of aliphatic hydroxyl groups is 1. The maximum atomic E-state index is 12.5. The van der Waals surface area contributed by atoms with Gasteiger partial charge >= 0.3 is 0 Å². The molecule has 0 fully saturated rings. The Kier molecular flexibility index (Phi) is 4.88. The molecule has 3 rings (SSSR count). The summed E-state index contributed by atoms with van der Waals surface area (Å²) in [6.45, 7) is 1.99. The van der Waals surface area contributed by atoms with Crippen LogP contribution in [-0.4, -0.2) is 26.4 Å². The number of benzene rings is 2. The summed E-state index contributed by atoms with van der Waals surface area (Å²) in [5, 5.41) is 10.6. The number of rotatable bonds is 4. The molecule has 0 heterocycles. The summed E-state index contributed by atoms with van der Waals surface area (Å²) in [5.74, 6) is 0.127. The van der Waals surface area contributed by atoms with Crippen molar-refractivity contribution >= 4 is 22.2 Å². The Bertz CT molecular complexity index is 804. The lowest BCUT2D eigenvalue weighted by Gasteiger charge is -2.22. The molecule has 3 nitrogen and oxygen atoms in total. The Morgan fingerprint density at radius 2 is 1.62 bits per heavy atom. The predicted molar refractivity (Wildman–Crippen MR) is 99.2 cm³/mol. The largest absolute Gasteiger partial charge is 0.381 e. The second kappa shape index (κ2) is 7.07. The van der Waals surface area contributed by atoms with Crippen LogP contribution in [0.4, 0.5) is 5.69 Å². The minimum absolute atomic E-state index is 0.127. The van der Waals surface area contributed by atoms with Crippen molar-refractivity contribution in [1.82, 2.24) is 0 Å². The van der Waals surface area contributed by atoms with E-state index in [-0.39, 0.29) is 5.75 Å². The van der Waals surface area contributed by atoms with Gasteiger partial charge in [-0.3, -0.25) is 4.21 Å². The fourth-order valence-electron chi connectivity index (χ4n) is 2.38. The van der Waals surface area contributed by atoms with E-state index in [9.17, 15) is 9.32 Å². The maximum absolute atomic E-state index is 12.5. The third-order valence-electron chi connectivity index (χ3n) is 3.75. The highest BCUT2D eigenvalue weighted by Gasteiger charge is 2.26. The highest BCUT2D eigenvalue weighted by atomic mass is 32.2. The van der Waals surface area contributed by atoms with E-state index in [4.69, 9.17) is 0 Å². The van der Waals surface area contributed by atoms with E-state index >= 15 is 0 Å². The number of allylic oxidation sites excluding steroid dienone is 2. The number of nitrogens with zero attached hydrogens (tertiary/aromatic N) is 1. The van der Waals surface area contributed by atoms with Gasteiger partial charge in [-0.1, -0.05) is 35.9 Å². The van der Waals surface area contributed by atoms with E-state index in [0.29, 0.717) is 0 Å². The molecule has 1 atom stereocenters. The second-order valence-corrected chi connectivity index (χ2v) is 7.28. The molecule has 1 unspecified atom stereocenters. The van der Waals surface area contributed by atoms with Crippen LogP contribution in [-0.2, 0) is 10.8 Å². The first-order valence-electron chi connectivity index (χ1n) is 7.74. The summed E-state index contributed by atoms with van der Waals surface area (Å²) >= 11 is 0. The molecule has 2 aromatic carbocycles. The lowest BCUT2D eigenvalue weighted by molar-refractivity contribution is 0.167. The first-order valence-corrected chi connectivity index (χ1v) is 9.06. The summed E-state index contributed by atoms with van der Waals surface area (Å²) in [4.78, 5) is 5.21. The predicted octanol–water partition coefficient (Wildman–Crippen LogP) is 3.73. The molecule has 0 saturated heterocycles. The van der Waals surface area contributed by atoms with Gasteiger partial charge in [-0.05, 0) is 55.5 Å². The smallest absolute Gasteiger partial charge is 0.113 e. The van der Waals surface area contributed by atoms with Gasteiger partial charge in [-0.25, -0.2) is 4.99 Å². The van der Waals surface area contributed by atoms with Gasteiger partial charge in [0.1, 0.15) is 5.60 Å². The monoisotopic (exact) mass is 337 g/mol. The van der Waals surface area contributed by atoms with Crippen LogP contribution in [0, 0.1) is 6.92 Å². The van der Waals surface area contributed by atoms with Crippen LogP contribution in [0.1, 0.15) is 5.56 Å². The summed E-state index contributed by atoms with van der Waals surface area (Å²) in [5.41, 5.74) is 1.52. The molecule has 0 aromatic heterocycles. The summed E-state index contributed by atoms with van der Waals surface area (Å²) in [6, 6.07) is 17.2. The van der Waals surface area contributed by atoms with E-state index < -0.39 is 16.4 Å². The van der Waals surface area contributed by atoms with Gasteiger partial charge in [0.2, 0.25) is 0 Å². The quantitative estimate of drug-likeness (QED) is 0.924. The molecule has 4 heteroatoms. The van der Waals surface area contributed by atoms with Crippen molar-refractivity contribution in [2.75, 3.05) is 5.75 Å². The number of hydrogen-bond donors (Lipinski definition) is 1. The number of para-hydroxylation sites is 1. The highest BCUT2D eigenvalue weighted by Crippen LogP contribution is 2.21. The lowest BCUT2D eigenvalue weighted by atomic mass is 9.99. The topological polar surface area (TPSA) is 49.7 Å². The van der Waals surface area contributed by atoms with Crippen molar-refractivity contribution in [3.05, 3.63) is 84.5 Å². The maximum Gasteiger partial charge on any atom is 0.113 e.